The van der Waals surface area contributed by atoms with Crippen LogP contribution < -0.4 is 0 Å². The fraction of sp³-hybridized carbons (Fsp3) is 0. The van der Waals surface area contributed by atoms with Crippen LogP contribution in [0, 0.1) is 5.82 Å². The zero-order valence-electron chi connectivity index (χ0n) is 9.90. The van der Waals surface area contributed by atoms with Crippen molar-refractivity contribution in [1.82, 2.24) is 9.97 Å². The van der Waals surface area contributed by atoms with Gasteiger partial charge in [-0.1, -0.05) is 29.8 Å². The van der Waals surface area contributed by atoms with Gasteiger partial charge in [-0.05, 0) is 36.4 Å². The second-order valence-corrected chi connectivity index (χ2v) is 4.52. The molecular weight excluding hydrogens is 263 g/mol. The molecule has 94 valence electrons. The molecule has 2 aromatic carbocycles. The van der Waals surface area contributed by atoms with Gasteiger partial charge >= 0.3 is 0 Å². The molecule has 4 heteroatoms. The monoisotopic (exact) mass is 272 g/mol. The minimum Gasteiger partial charge on any atom is -0.338 e. The zero-order chi connectivity index (χ0) is 13.2. The van der Waals surface area contributed by atoms with Crippen molar-refractivity contribution in [2.75, 3.05) is 0 Å². The quantitative estimate of drug-likeness (QED) is 0.730. The van der Waals surface area contributed by atoms with Crippen molar-refractivity contribution in [3.05, 3.63) is 64.7 Å². The standard InChI is InChI=1S/C15H10ClFN2/c16-11-4-3-5-12(17)10(11)8-9-15-18-13-6-1-2-7-14(13)19-15/h1-9H,(H,18,19)/b9-8+. The molecule has 1 aromatic heterocycles. The molecule has 0 aliphatic rings. The molecule has 0 aliphatic heterocycles. The van der Waals surface area contributed by atoms with E-state index in [1.54, 1.807) is 24.3 Å². The summed E-state index contributed by atoms with van der Waals surface area (Å²) in [6, 6.07) is 12.3. The van der Waals surface area contributed by atoms with Gasteiger partial charge in [-0.15, -0.1) is 0 Å². The number of fused-ring (bicyclic) bond motifs is 1. The van der Waals surface area contributed by atoms with Gasteiger partial charge in [-0.25, -0.2) is 9.37 Å². The molecule has 2 nitrogen and oxygen atoms in total. The van der Waals surface area contributed by atoms with Crippen LogP contribution in [-0.2, 0) is 0 Å². The number of aromatic nitrogens is 2. The lowest BCUT2D eigenvalue weighted by atomic mass is 10.2. The van der Waals surface area contributed by atoms with E-state index >= 15 is 0 Å². The van der Waals surface area contributed by atoms with Crippen molar-refractivity contribution in [3.63, 3.8) is 0 Å². The number of para-hydroxylation sites is 2. The number of aromatic amines is 1. The minimum absolute atomic E-state index is 0.347. The van der Waals surface area contributed by atoms with E-state index in [-0.39, 0.29) is 5.82 Å². The smallest absolute Gasteiger partial charge is 0.131 e. The summed E-state index contributed by atoms with van der Waals surface area (Å²) in [6.45, 7) is 0. The maximum absolute atomic E-state index is 13.6. The van der Waals surface area contributed by atoms with Crippen molar-refractivity contribution in [2.45, 2.75) is 0 Å². The van der Waals surface area contributed by atoms with E-state index in [9.17, 15) is 4.39 Å². The lowest BCUT2D eigenvalue weighted by molar-refractivity contribution is 0.625. The Kier molecular flexibility index (Phi) is 3.05. The van der Waals surface area contributed by atoms with Crippen LogP contribution in [0.3, 0.4) is 0 Å². The van der Waals surface area contributed by atoms with Gasteiger partial charge in [0.25, 0.3) is 0 Å². The Balaban J connectivity index is 1.98. The zero-order valence-corrected chi connectivity index (χ0v) is 10.7. The first-order valence-electron chi connectivity index (χ1n) is 5.81. The Morgan fingerprint density at radius 1 is 1.05 bits per heavy atom. The van der Waals surface area contributed by atoms with Gasteiger partial charge in [-0.2, -0.15) is 0 Å². The lowest BCUT2D eigenvalue weighted by Crippen LogP contribution is -1.83. The molecular formula is C15H10ClFN2. The Bertz CT molecular complexity index is 708. The Morgan fingerprint density at radius 2 is 1.89 bits per heavy atom. The van der Waals surface area contributed by atoms with Crippen LogP contribution in [0.5, 0.6) is 0 Å². The third-order valence-electron chi connectivity index (χ3n) is 2.82. The summed E-state index contributed by atoms with van der Waals surface area (Å²) in [5.41, 5.74) is 2.19. The lowest BCUT2D eigenvalue weighted by Gasteiger charge is -1.98. The summed E-state index contributed by atoms with van der Waals surface area (Å²) in [4.78, 5) is 7.52. The summed E-state index contributed by atoms with van der Waals surface area (Å²) in [7, 11) is 0. The van der Waals surface area contributed by atoms with E-state index < -0.39 is 0 Å². The first-order valence-corrected chi connectivity index (χ1v) is 6.19. The predicted octanol–water partition coefficient (Wildman–Crippen LogP) is 4.53. The van der Waals surface area contributed by atoms with Crippen LogP contribution in [0.2, 0.25) is 5.02 Å². The number of hydrogen-bond acceptors (Lipinski definition) is 1. The third kappa shape index (κ3) is 2.37. The third-order valence-corrected chi connectivity index (χ3v) is 3.14. The van der Waals surface area contributed by atoms with Crippen LogP contribution in [-0.4, -0.2) is 9.97 Å². The number of hydrogen-bond donors (Lipinski definition) is 1. The molecule has 0 saturated heterocycles. The van der Waals surface area contributed by atoms with Crippen molar-refractivity contribution in [1.29, 1.82) is 0 Å². The first-order chi connectivity index (χ1) is 9.24. The molecule has 1 N–H and O–H groups in total. The van der Waals surface area contributed by atoms with E-state index in [4.69, 9.17) is 11.6 Å². The van der Waals surface area contributed by atoms with Gasteiger partial charge < -0.3 is 4.98 Å². The minimum atomic E-state index is -0.347. The molecule has 0 saturated carbocycles. The Labute approximate surface area is 114 Å². The molecule has 0 bridgehead atoms. The molecule has 19 heavy (non-hydrogen) atoms. The highest BCUT2D eigenvalue weighted by Gasteiger charge is 2.03. The fourth-order valence-corrected chi connectivity index (χ4v) is 2.11. The molecule has 0 radical (unpaired) electrons. The summed E-state index contributed by atoms with van der Waals surface area (Å²) in [5.74, 6) is 0.320. The maximum atomic E-state index is 13.6. The fourth-order valence-electron chi connectivity index (χ4n) is 1.88. The molecule has 0 unspecified atom stereocenters. The van der Waals surface area contributed by atoms with E-state index in [2.05, 4.69) is 9.97 Å². The molecule has 3 rings (SSSR count). The number of nitrogens with one attached hydrogen (secondary N) is 1. The van der Waals surface area contributed by atoms with E-state index in [1.165, 1.54) is 6.07 Å². The second kappa shape index (κ2) is 4.86. The predicted molar refractivity (Wildman–Crippen MR) is 76.4 cm³/mol. The number of rotatable bonds is 2. The van der Waals surface area contributed by atoms with E-state index in [1.807, 2.05) is 24.3 Å². The summed E-state index contributed by atoms with van der Waals surface area (Å²) in [6.07, 6.45) is 3.33. The highest BCUT2D eigenvalue weighted by atomic mass is 35.5. The Morgan fingerprint density at radius 3 is 2.68 bits per heavy atom. The van der Waals surface area contributed by atoms with Gasteiger partial charge in [-0.3, -0.25) is 0 Å². The summed E-state index contributed by atoms with van der Waals surface area (Å²) < 4.78 is 13.6. The number of halogens is 2. The normalized spacial score (nSPS) is 11.5. The van der Waals surface area contributed by atoms with Gasteiger partial charge in [0.1, 0.15) is 11.6 Å². The average Bonchev–Trinajstić information content (AvgIpc) is 2.81. The molecule has 0 fully saturated rings. The molecule has 0 spiro atoms. The summed E-state index contributed by atoms with van der Waals surface area (Å²) in [5, 5.41) is 0.382. The molecule has 1 heterocycles. The van der Waals surface area contributed by atoms with Gasteiger partial charge in [0, 0.05) is 5.56 Å². The van der Waals surface area contributed by atoms with Crippen molar-refractivity contribution in [3.8, 4) is 0 Å². The molecule has 3 aromatic rings. The summed E-state index contributed by atoms with van der Waals surface area (Å²) >= 11 is 5.95. The van der Waals surface area contributed by atoms with Gasteiger partial charge in [0.15, 0.2) is 0 Å². The van der Waals surface area contributed by atoms with Gasteiger partial charge in [0.2, 0.25) is 0 Å². The number of H-pyrrole nitrogens is 1. The van der Waals surface area contributed by atoms with Crippen molar-refractivity contribution >= 4 is 34.8 Å². The Hall–Kier alpha value is -2.13. The van der Waals surface area contributed by atoms with Crippen LogP contribution in [0.4, 0.5) is 4.39 Å². The van der Waals surface area contributed by atoms with E-state index in [0.29, 0.717) is 16.4 Å². The maximum Gasteiger partial charge on any atom is 0.131 e. The van der Waals surface area contributed by atoms with Crippen molar-refractivity contribution < 1.29 is 4.39 Å². The molecule has 0 atom stereocenters. The highest BCUT2D eigenvalue weighted by molar-refractivity contribution is 6.32. The first kappa shape index (κ1) is 11.9. The van der Waals surface area contributed by atoms with Crippen molar-refractivity contribution in [2.24, 2.45) is 0 Å². The molecule has 0 aliphatic carbocycles. The van der Waals surface area contributed by atoms with Crippen LogP contribution >= 0.6 is 11.6 Å². The van der Waals surface area contributed by atoms with Crippen LogP contribution in [0.25, 0.3) is 23.2 Å². The average molecular weight is 273 g/mol. The number of nitrogens with zero attached hydrogens (tertiary/aromatic N) is 1. The topological polar surface area (TPSA) is 28.7 Å². The number of imidazole rings is 1. The molecule has 0 amide bonds. The SMILES string of the molecule is Fc1cccc(Cl)c1/C=C/c1nc2ccccc2[nH]1. The van der Waals surface area contributed by atoms with Crippen LogP contribution in [0.1, 0.15) is 11.4 Å². The number of benzene rings is 2. The second-order valence-electron chi connectivity index (χ2n) is 4.11. The van der Waals surface area contributed by atoms with Gasteiger partial charge in [0.05, 0.1) is 16.1 Å². The largest absolute Gasteiger partial charge is 0.338 e. The highest BCUT2D eigenvalue weighted by Crippen LogP contribution is 2.21. The van der Waals surface area contributed by atoms with Crippen LogP contribution in [0.15, 0.2) is 42.5 Å². The van der Waals surface area contributed by atoms with E-state index in [0.717, 1.165) is 11.0 Å².